The molecule has 0 fully saturated rings. The number of para-hydroxylation sites is 1. The molecule has 0 heterocycles. The molecular formula is C21H15NO2. The highest BCUT2D eigenvalue weighted by Gasteiger charge is 2.25. The molecule has 3 aromatic rings. The number of carbonyl (C=O) groups is 1. The van der Waals surface area contributed by atoms with E-state index in [1.807, 2.05) is 66.7 Å². The van der Waals surface area contributed by atoms with Crippen molar-refractivity contribution in [2.24, 2.45) is 0 Å². The Morgan fingerprint density at radius 3 is 1.83 bits per heavy atom. The van der Waals surface area contributed by atoms with E-state index in [9.17, 15) is 4.79 Å². The third-order valence-corrected chi connectivity index (χ3v) is 3.72. The van der Waals surface area contributed by atoms with Crippen LogP contribution in [-0.2, 0) is 4.79 Å². The van der Waals surface area contributed by atoms with Crippen molar-refractivity contribution < 1.29 is 9.53 Å². The number of ether oxygens (including phenoxy) is 1. The third kappa shape index (κ3) is 3.34. The Morgan fingerprint density at radius 2 is 1.29 bits per heavy atom. The largest absolute Gasteiger partial charge is 0.424 e. The first kappa shape index (κ1) is 15.5. The molecule has 0 radical (unpaired) electrons. The van der Waals surface area contributed by atoms with Crippen molar-refractivity contribution in [3.63, 3.8) is 0 Å². The van der Waals surface area contributed by atoms with Crippen molar-refractivity contribution in [3.05, 3.63) is 102 Å². The Bertz CT molecular complexity index is 828. The van der Waals surface area contributed by atoms with Crippen molar-refractivity contribution in [1.29, 1.82) is 5.26 Å². The molecule has 0 atom stereocenters. The van der Waals surface area contributed by atoms with Crippen LogP contribution in [0.4, 0.5) is 0 Å². The van der Waals surface area contributed by atoms with Crippen LogP contribution in [0.5, 0.6) is 5.75 Å². The monoisotopic (exact) mass is 313 g/mol. The van der Waals surface area contributed by atoms with Gasteiger partial charge in [-0.25, -0.2) is 0 Å². The fourth-order valence-electron chi connectivity index (χ4n) is 2.57. The molecule has 0 spiro atoms. The molecule has 3 rings (SSSR count). The average molecular weight is 313 g/mol. The van der Waals surface area contributed by atoms with Gasteiger partial charge >= 0.3 is 5.97 Å². The molecule has 0 aliphatic heterocycles. The summed E-state index contributed by atoms with van der Waals surface area (Å²) in [6, 6.07) is 27.7. The summed E-state index contributed by atoms with van der Waals surface area (Å²) in [6.45, 7) is 0. The first-order valence-electron chi connectivity index (χ1n) is 7.60. The predicted octanol–water partition coefficient (Wildman–Crippen LogP) is 4.30. The molecule has 0 aromatic heterocycles. The number of nitriles is 1. The van der Waals surface area contributed by atoms with Gasteiger partial charge in [-0.15, -0.1) is 0 Å². The van der Waals surface area contributed by atoms with Crippen LogP contribution in [0.2, 0.25) is 0 Å². The summed E-state index contributed by atoms with van der Waals surface area (Å²) in [5.41, 5.74) is 2.04. The van der Waals surface area contributed by atoms with E-state index in [0.29, 0.717) is 5.56 Å². The van der Waals surface area contributed by atoms with E-state index in [-0.39, 0.29) is 5.75 Å². The van der Waals surface area contributed by atoms with Gasteiger partial charge in [0.2, 0.25) is 0 Å². The number of hydrogen-bond acceptors (Lipinski definition) is 3. The van der Waals surface area contributed by atoms with E-state index in [0.717, 1.165) is 11.1 Å². The summed E-state index contributed by atoms with van der Waals surface area (Å²) in [4.78, 5) is 12.9. The van der Waals surface area contributed by atoms with E-state index in [1.54, 1.807) is 24.3 Å². The molecule has 3 heteroatoms. The first-order valence-corrected chi connectivity index (χ1v) is 7.60. The van der Waals surface area contributed by atoms with Crippen LogP contribution >= 0.6 is 0 Å². The van der Waals surface area contributed by atoms with Gasteiger partial charge in [-0.05, 0) is 23.3 Å². The molecule has 0 saturated heterocycles. The lowest BCUT2D eigenvalue weighted by Crippen LogP contribution is -2.20. The Kier molecular flexibility index (Phi) is 4.69. The van der Waals surface area contributed by atoms with Gasteiger partial charge in [0.25, 0.3) is 0 Å². The summed E-state index contributed by atoms with van der Waals surface area (Å²) in [6.07, 6.45) is 0. The number of benzene rings is 3. The quantitative estimate of drug-likeness (QED) is 0.533. The number of carbonyl (C=O) groups excluding carboxylic acids is 1. The third-order valence-electron chi connectivity index (χ3n) is 3.72. The fraction of sp³-hybridized carbons (Fsp3) is 0.0476. The van der Waals surface area contributed by atoms with Gasteiger partial charge in [-0.1, -0.05) is 72.8 Å². The number of rotatable bonds is 4. The first-order chi connectivity index (χ1) is 11.8. The molecule has 0 aliphatic rings. The topological polar surface area (TPSA) is 50.1 Å². The summed E-state index contributed by atoms with van der Waals surface area (Å²) in [5.74, 6) is -0.670. The maximum Gasteiger partial charge on any atom is 0.323 e. The second-order valence-corrected chi connectivity index (χ2v) is 5.28. The highest BCUT2D eigenvalue weighted by Crippen LogP contribution is 2.28. The molecule has 3 nitrogen and oxygen atoms in total. The van der Waals surface area contributed by atoms with Gasteiger partial charge in [0, 0.05) is 0 Å². The van der Waals surface area contributed by atoms with E-state index >= 15 is 0 Å². The Morgan fingerprint density at radius 1 is 0.792 bits per heavy atom. The molecule has 0 unspecified atom stereocenters. The summed E-state index contributed by atoms with van der Waals surface area (Å²) in [5, 5.41) is 9.16. The maximum absolute atomic E-state index is 12.9. The van der Waals surface area contributed by atoms with Crippen LogP contribution in [0.15, 0.2) is 84.9 Å². The molecule has 116 valence electrons. The molecule has 0 N–H and O–H groups in total. The van der Waals surface area contributed by atoms with Gasteiger partial charge in [-0.3, -0.25) is 4.79 Å². The lowest BCUT2D eigenvalue weighted by molar-refractivity contribution is -0.135. The van der Waals surface area contributed by atoms with Crippen molar-refractivity contribution in [2.45, 2.75) is 5.92 Å². The van der Waals surface area contributed by atoms with E-state index in [2.05, 4.69) is 0 Å². The van der Waals surface area contributed by atoms with E-state index in [4.69, 9.17) is 10.00 Å². The minimum atomic E-state index is -0.542. The van der Waals surface area contributed by atoms with Crippen molar-refractivity contribution in [1.82, 2.24) is 0 Å². The summed E-state index contributed by atoms with van der Waals surface area (Å²) in [7, 11) is 0. The van der Waals surface area contributed by atoms with Crippen LogP contribution in [0, 0.1) is 11.3 Å². The fourth-order valence-corrected chi connectivity index (χ4v) is 2.57. The van der Waals surface area contributed by atoms with Crippen LogP contribution in [0.25, 0.3) is 0 Å². The molecule has 24 heavy (non-hydrogen) atoms. The zero-order valence-corrected chi connectivity index (χ0v) is 12.9. The molecule has 0 aliphatic carbocycles. The predicted molar refractivity (Wildman–Crippen MR) is 91.5 cm³/mol. The van der Waals surface area contributed by atoms with Gasteiger partial charge in [0.15, 0.2) is 0 Å². The van der Waals surface area contributed by atoms with Gasteiger partial charge in [-0.2, -0.15) is 5.26 Å². The number of esters is 1. The second kappa shape index (κ2) is 7.26. The van der Waals surface area contributed by atoms with Crippen LogP contribution in [0.1, 0.15) is 22.6 Å². The Balaban J connectivity index is 1.97. The van der Waals surface area contributed by atoms with Crippen LogP contribution in [-0.4, -0.2) is 5.97 Å². The smallest absolute Gasteiger partial charge is 0.323 e. The molecule has 0 amide bonds. The zero-order valence-electron chi connectivity index (χ0n) is 12.9. The lowest BCUT2D eigenvalue weighted by atomic mass is 9.91. The highest BCUT2D eigenvalue weighted by molar-refractivity contribution is 5.84. The van der Waals surface area contributed by atoms with Gasteiger partial charge in [0.05, 0.1) is 5.56 Å². The van der Waals surface area contributed by atoms with E-state index in [1.165, 1.54) is 0 Å². The Hall–Kier alpha value is -3.38. The standard InChI is InChI=1S/C21H15NO2/c22-15-18-13-7-8-14-19(18)24-21(23)20(16-9-3-1-4-10-16)17-11-5-2-6-12-17/h1-14,20H. The summed E-state index contributed by atoms with van der Waals surface area (Å²) >= 11 is 0. The van der Waals surface area contributed by atoms with Crippen LogP contribution < -0.4 is 4.74 Å². The SMILES string of the molecule is N#Cc1ccccc1OC(=O)C(c1ccccc1)c1ccccc1. The zero-order chi connectivity index (χ0) is 16.8. The van der Waals surface area contributed by atoms with Gasteiger partial charge in [0.1, 0.15) is 17.7 Å². The maximum atomic E-state index is 12.9. The van der Waals surface area contributed by atoms with Gasteiger partial charge < -0.3 is 4.74 Å². The van der Waals surface area contributed by atoms with Crippen LogP contribution in [0.3, 0.4) is 0 Å². The van der Waals surface area contributed by atoms with E-state index < -0.39 is 11.9 Å². The lowest BCUT2D eigenvalue weighted by Gasteiger charge is -2.17. The van der Waals surface area contributed by atoms with Crippen molar-refractivity contribution in [2.75, 3.05) is 0 Å². The second-order valence-electron chi connectivity index (χ2n) is 5.28. The van der Waals surface area contributed by atoms with Crippen molar-refractivity contribution >= 4 is 5.97 Å². The number of hydrogen-bond donors (Lipinski definition) is 0. The average Bonchev–Trinajstić information content (AvgIpc) is 2.64. The minimum absolute atomic E-state index is 0.280. The molecule has 3 aromatic carbocycles. The van der Waals surface area contributed by atoms with Crippen molar-refractivity contribution in [3.8, 4) is 11.8 Å². The molecule has 0 saturated carbocycles. The molecule has 0 bridgehead atoms. The summed E-state index contributed by atoms with van der Waals surface area (Å²) < 4.78 is 5.55. The molecular weight excluding hydrogens is 298 g/mol. The normalized spacial score (nSPS) is 10.2. The minimum Gasteiger partial charge on any atom is -0.424 e. The Labute approximate surface area is 140 Å². The number of nitrogens with zero attached hydrogens (tertiary/aromatic N) is 1. The highest BCUT2D eigenvalue weighted by atomic mass is 16.5.